The minimum absolute atomic E-state index is 0.286. The van der Waals surface area contributed by atoms with Gasteiger partial charge in [-0.3, -0.25) is 4.98 Å². The number of amides is 1. The monoisotopic (exact) mass is 335 g/mol. The second-order valence-corrected chi connectivity index (χ2v) is 5.05. The van der Waals surface area contributed by atoms with Gasteiger partial charge >= 0.3 is 6.09 Å². The third-order valence-corrected chi connectivity index (χ3v) is 3.33. The first-order chi connectivity index (χ1) is 12.3. The number of para-hydroxylation sites is 1. The summed E-state index contributed by atoms with van der Waals surface area (Å²) in [5.41, 5.74) is 5.55. The number of hydrogen-bond donors (Lipinski definition) is 1. The average molecular weight is 335 g/mol. The molecule has 3 rings (SSSR count). The molecule has 2 aromatic heterocycles. The van der Waals surface area contributed by atoms with Crippen LogP contribution in [0.15, 0.2) is 66.2 Å². The van der Waals surface area contributed by atoms with Crippen LogP contribution in [0.4, 0.5) is 4.79 Å². The Labute approximate surface area is 145 Å². The van der Waals surface area contributed by atoms with Crippen molar-refractivity contribution in [2.45, 2.75) is 6.92 Å². The van der Waals surface area contributed by atoms with Crippen LogP contribution in [0.3, 0.4) is 0 Å². The number of pyridine rings is 1. The summed E-state index contributed by atoms with van der Waals surface area (Å²) in [7, 11) is 0. The van der Waals surface area contributed by atoms with Gasteiger partial charge in [-0.05, 0) is 31.2 Å². The van der Waals surface area contributed by atoms with Crippen molar-refractivity contribution in [1.29, 1.82) is 0 Å². The minimum Gasteiger partial charge on any atom is -0.449 e. The molecule has 7 heteroatoms. The van der Waals surface area contributed by atoms with Gasteiger partial charge in [0.15, 0.2) is 0 Å². The predicted octanol–water partition coefficient (Wildman–Crippen LogP) is 3.01. The van der Waals surface area contributed by atoms with E-state index in [-0.39, 0.29) is 6.61 Å². The number of hydrogen-bond acceptors (Lipinski definition) is 5. The second-order valence-electron chi connectivity index (χ2n) is 5.05. The minimum atomic E-state index is -0.600. The lowest BCUT2D eigenvalue weighted by Crippen LogP contribution is -2.18. The standard InChI is InChI=1S/C18H17N5O2/c1-2-25-18(24)21-20-12-15-13-23(16-8-4-3-5-9-16)22-17(15)14-7-6-10-19-11-14/h3-13H,2H2,1H3,(H,21,24)/b20-12+. The maximum absolute atomic E-state index is 11.3. The summed E-state index contributed by atoms with van der Waals surface area (Å²) in [5, 5.41) is 8.56. The lowest BCUT2D eigenvalue weighted by atomic mass is 10.1. The summed E-state index contributed by atoms with van der Waals surface area (Å²) in [6.07, 6.45) is 6.21. The molecule has 2 heterocycles. The fourth-order valence-corrected chi connectivity index (χ4v) is 2.24. The molecule has 0 unspecified atom stereocenters. The van der Waals surface area contributed by atoms with E-state index in [0.717, 1.165) is 16.8 Å². The number of aromatic nitrogens is 3. The van der Waals surface area contributed by atoms with Crippen molar-refractivity contribution < 1.29 is 9.53 Å². The van der Waals surface area contributed by atoms with Gasteiger partial charge in [-0.1, -0.05) is 18.2 Å². The molecule has 1 N–H and O–H groups in total. The number of carbonyl (C=O) groups excluding carboxylic acids is 1. The van der Waals surface area contributed by atoms with E-state index in [1.54, 1.807) is 24.0 Å². The molecule has 126 valence electrons. The summed E-state index contributed by atoms with van der Waals surface area (Å²) >= 11 is 0. The van der Waals surface area contributed by atoms with Gasteiger partial charge in [-0.15, -0.1) is 0 Å². The lowest BCUT2D eigenvalue weighted by molar-refractivity contribution is 0.152. The molecule has 0 saturated carbocycles. The van der Waals surface area contributed by atoms with Gasteiger partial charge in [0.1, 0.15) is 5.69 Å². The quantitative estimate of drug-likeness (QED) is 0.574. The zero-order valence-corrected chi connectivity index (χ0v) is 13.7. The molecule has 0 saturated heterocycles. The molecule has 0 bridgehead atoms. The number of nitrogens with one attached hydrogen (secondary N) is 1. The number of nitrogens with zero attached hydrogens (tertiary/aromatic N) is 4. The van der Waals surface area contributed by atoms with E-state index >= 15 is 0 Å². The largest absolute Gasteiger partial charge is 0.449 e. The van der Waals surface area contributed by atoms with Crippen LogP contribution in [0.2, 0.25) is 0 Å². The topological polar surface area (TPSA) is 81.4 Å². The zero-order valence-electron chi connectivity index (χ0n) is 13.7. The van der Waals surface area contributed by atoms with Gasteiger partial charge in [0.25, 0.3) is 0 Å². The number of rotatable bonds is 5. The highest BCUT2D eigenvalue weighted by molar-refractivity contribution is 5.89. The van der Waals surface area contributed by atoms with Crippen LogP contribution in [0.1, 0.15) is 12.5 Å². The van der Waals surface area contributed by atoms with Crippen LogP contribution in [-0.4, -0.2) is 33.7 Å². The van der Waals surface area contributed by atoms with Crippen molar-refractivity contribution in [3.05, 3.63) is 66.6 Å². The van der Waals surface area contributed by atoms with E-state index in [1.165, 1.54) is 6.21 Å². The number of benzene rings is 1. The summed E-state index contributed by atoms with van der Waals surface area (Å²) in [4.78, 5) is 15.5. The summed E-state index contributed by atoms with van der Waals surface area (Å²) in [6, 6.07) is 13.5. The molecular weight excluding hydrogens is 318 g/mol. The molecule has 25 heavy (non-hydrogen) atoms. The molecule has 0 radical (unpaired) electrons. The molecule has 0 atom stereocenters. The number of hydrazone groups is 1. The highest BCUT2D eigenvalue weighted by Crippen LogP contribution is 2.21. The second kappa shape index (κ2) is 7.87. The Hall–Kier alpha value is -3.48. The van der Waals surface area contributed by atoms with Crippen molar-refractivity contribution in [3.63, 3.8) is 0 Å². The van der Waals surface area contributed by atoms with E-state index < -0.39 is 6.09 Å². The van der Waals surface area contributed by atoms with Crippen molar-refractivity contribution in [2.24, 2.45) is 5.10 Å². The van der Waals surface area contributed by atoms with Crippen molar-refractivity contribution in [3.8, 4) is 16.9 Å². The SMILES string of the molecule is CCOC(=O)N/N=C/c1cn(-c2ccccc2)nc1-c1cccnc1. The first kappa shape index (κ1) is 16.4. The highest BCUT2D eigenvalue weighted by atomic mass is 16.5. The van der Waals surface area contributed by atoms with Crippen molar-refractivity contribution in [2.75, 3.05) is 6.61 Å². The van der Waals surface area contributed by atoms with Gasteiger partial charge in [-0.2, -0.15) is 10.2 Å². The fourth-order valence-electron chi connectivity index (χ4n) is 2.24. The van der Waals surface area contributed by atoms with E-state index in [1.807, 2.05) is 48.7 Å². The molecule has 0 spiro atoms. The van der Waals surface area contributed by atoms with Crippen LogP contribution in [0, 0.1) is 0 Å². The van der Waals surface area contributed by atoms with Crippen LogP contribution >= 0.6 is 0 Å². The Kier molecular flexibility index (Phi) is 5.16. The van der Waals surface area contributed by atoms with Crippen LogP contribution < -0.4 is 5.43 Å². The lowest BCUT2D eigenvalue weighted by Gasteiger charge is -2.00. The summed E-state index contributed by atoms with van der Waals surface area (Å²) in [5.74, 6) is 0. The normalized spacial score (nSPS) is 10.8. The van der Waals surface area contributed by atoms with E-state index in [0.29, 0.717) is 5.69 Å². The highest BCUT2D eigenvalue weighted by Gasteiger charge is 2.11. The van der Waals surface area contributed by atoms with E-state index in [9.17, 15) is 4.79 Å². The maximum atomic E-state index is 11.3. The van der Waals surface area contributed by atoms with Gasteiger partial charge in [-0.25, -0.2) is 14.9 Å². The molecule has 1 amide bonds. The molecule has 0 fully saturated rings. The Morgan fingerprint density at radius 1 is 1.28 bits per heavy atom. The van der Waals surface area contributed by atoms with Gasteiger partial charge in [0.2, 0.25) is 0 Å². The third kappa shape index (κ3) is 4.08. The first-order valence-electron chi connectivity index (χ1n) is 7.79. The van der Waals surface area contributed by atoms with Gasteiger partial charge in [0, 0.05) is 29.7 Å². The third-order valence-electron chi connectivity index (χ3n) is 3.33. The Bertz CT molecular complexity index is 860. The van der Waals surface area contributed by atoms with Crippen LogP contribution in [0.5, 0.6) is 0 Å². The Balaban J connectivity index is 1.93. The summed E-state index contributed by atoms with van der Waals surface area (Å²) in [6.45, 7) is 2.02. The Morgan fingerprint density at radius 3 is 2.84 bits per heavy atom. The van der Waals surface area contributed by atoms with Crippen molar-refractivity contribution >= 4 is 12.3 Å². The molecule has 3 aromatic rings. The van der Waals surface area contributed by atoms with E-state index in [2.05, 4.69) is 20.6 Å². The van der Waals surface area contributed by atoms with E-state index in [4.69, 9.17) is 4.74 Å². The van der Waals surface area contributed by atoms with Crippen LogP contribution in [-0.2, 0) is 4.74 Å². The molecule has 0 aliphatic carbocycles. The molecule has 7 nitrogen and oxygen atoms in total. The van der Waals surface area contributed by atoms with Crippen molar-refractivity contribution in [1.82, 2.24) is 20.2 Å². The van der Waals surface area contributed by atoms with Crippen LogP contribution in [0.25, 0.3) is 16.9 Å². The summed E-state index contributed by atoms with van der Waals surface area (Å²) < 4.78 is 6.53. The Morgan fingerprint density at radius 2 is 2.12 bits per heavy atom. The fraction of sp³-hybridized carbons (Fsp3) is 0.111. The molecule has 0 aliphatic rings. The smallest absolute Gasteiger partial charge is 0.427 e. The van der Waals surface area contributed by atoms with Gasteiger partial charge < -0.3 is 4.74 Å². The average Bonchev–Trinajstić information content (AvgIpc) is 3.08. The predicted molar refractivity (Wildman–Crippen MR) is 94.5 cm³/mol. The first-order valence-corrected chi connectivity index (χ1v) is 7.79. The zero-order chi connectivity index (χ0) is 17.5. The maximum Gasteiger partial charge on any atom is 0.427 e. The molecular formula is C18H17N5O2. The number of ether oxygens (including phenoxy) is 1. The number of carbonyl (C=O) groups is 1. The molecule has 1 aromatic carbocycles. The van der Waals surface area contributed by atoms with Gasteiger partial charge in [0.05, 0.1) is 18.5 Å². The molecule has 0 aliphatic heterocycles.